The van der Waals surface area contributed by atoms with Crippen molar-refractivity contribution in [2.45, 2.75) is 58.8 Å². The summed E-state index contributed by atoms with van der Waals surface area (Å²) in [5.41, 5.74) is 1.29. The fourth-order valence-electron chi connectivity index (χ4n) is 7.64. The quantitative estimate of drug-likeness (QED) is 0.620. The Morgan fingerprint density at radius 3 is 2.60 bits per heavy atom. The van der Waals surface area contributed by atoms with Crippen LogP contribution in [-0.2, 0) is 14.3 Å². The van der Waals surface area contributed by atoms with E-state index in [2.05, 4.69) is 19.9 Å². The smallest absolute Gasteiger partial charge is 0.312 e. The summed E-state index contributed by atoms with van der Waals surface area (Å²) in [5, 5.41) is 0. The molecule has 0 bridgehead atoms. The number of ketones is 1. The van der Waals surface area contributed by atoms with Crippen LogP contribution in [0.25, 0.3) is 0 Å². The molecule has 1 heterocycles. The zero-order valence-electron chi connectivity index (χ0n) is 15.3. The van der Waals surface area contributed by atoms with Crippen molar-refractivity contribution >= 4 is 11.8 Å². The van der Waals surface area contributed by atoms with Crippen LogP contribution in [0.3, 0.4) is 0 Å². The predicted octanol–water partition coefficient (Wildman–Crippen LogP) is 4.23. The van der Waals surface area contributed by atoms with E-state index in [1.807, 2.05) is 6.08 Å². The summed E-state index contributed by atoms with van der Waals surface area (Å²) in [7, 11) is 0. The summed E-state index contributed by atoms with van der Waals surface area (Å²) in [6.07, 6.45) is 13.5. The predicted molar refractivity (Wildman–Crippen MR) is 94.6 cm³/mol. The number of hydrogen-bond acceptors (Lipinski definition) is 3. The number of ether oxygens (including phenoxy) is 1. The van der Waals surface area contributed by atoms with Gasteiger partial charge in [0.2, 0.25) is 0 Å². The van der Waals surface area contributed by atoms with Gasteiger partial charge in [-0.1, -0.05) is 25.5 Å². The molecule has 4 aliphatic carbocycles. The first-order chi connectivity index (χ1) is 11.9. The van der Waals surface area contributed by atoms with E-state index in [4.69, 9.17) is 4.74 Å². The number of fused-ring (bicyclic) bond motifs is 6. The van der Waals surface area contributed by atoms with Crippen LogP contribution in [0.15, 0.2) is 23.8 Å². The highest BCUT2D eigenvalue weighted by atomic mass is 16.5. The van der Waals surface area contributed by atoms with Crippen LogP contribution in [0.1, 0.15) is 58.8 Å². The van der Waals surface area contributed by atoms with Crippen LogP contribution in [0.4, 0.5) is 0 Å². The molecule has 0 amide bonds. The van der Waals surface area contributed by atoms with Gasteiger partial charge in [-0.3, -0.25) is 9.59 Å². The van der Waals surface area contributed by atoms with Gasteiger partial charge in [-0.2, -0.15) is 0 Å². The Morgan fingerprint density at radius 1 is 1.04 bits per heavy atom. The van der Waals surface area contributed by atoms with E-state index in [1.54, 1.807) is 6.08 Å². The lowest BCUT2D eigenvalue weighted by molar-refractivity contribution is -0.156. The van der Waals surface area contributed by atoms with Gasteiger partial charge < -0.3 is 4.74 Å². The van der Waals surface area contributed by atoms with E-state index in [0.29, 0.717) is 24.4 Å². The van der Waals surface area contributed by atoms with Crippen LogP contribution < -0.4 is 0 Å². The Balaban J connectivity index is 1.52. The van der Waals surface area contributed by atoms with Gasteiger partial charge in [0.25, 0.3) is 0 Å². The first-order valence-corrected chi connectivity index (χ1v) is 10.0. The summed E-state index contributed by atoms with van der Waals surface area (Å²) in [4.78, 5) is 24.5. The second kappa shape index (κ2) is 4.86. The third kappa shape index (κ3) is 1.77. The third-order valence-electron chi connectivity index (χ3n) is 9.07. The molecule has 5 aliphatic rings. The average molecular weight is 340 g/mol. The molecule has 1 spiro atoms. The highest BCUT2D eigenvalue weighted by Gasteiger charge is 2.68. The molecule has 0 aromatic heterocycles. The van der Waals surface area contributed by atoms with E-state index >= 15 is 0 Å². The Kier molecular flexibility index (Phi) is 3.08. The maximum Gasteiger partial charge on any atom is 0.312 e. The van der Waals surface area contributed by atoms with Crippen molar-refractivity contribution in [1.82, 2.24) is 0 Å². The highest BCUT2D eigenvalue weighted by molar-refractivity contribution is 6.01. The van der Waals surface area contributed by atoms with Gasteiger partial charge >= 0.3 is 5.97 Å². The number of carbonyl (C=O) groups excluding carboxylic acids is 2. The minimum Gasteiger partial charge on any atom is -0.465 e. The van der Waals surface area contributed by atoms with Crippen molar-refractivity contribution in [3.05, 3.63) is 23.8 Å². The molecule has 1 saturated heterocycles. The van der Waals surface area contributed by atoms with Crippen LogP contribution in [0.2, 0.25) is 0 Å². The Morgan fingerprint density at radius 2 is 1.84 bits per heavy atom. The average Bonchev–Trinajstić information content (AvgIpc) is 3.10. The van der Waals surface area contributed by atoms with Crippen LogP contribution in [0, 0.1) is 34.0 Å². The molecule has 3 nitrogen and oxygen atoms in total. The topological polar surface area (TPSA) is 43.4 Å². The summed E-state index contributed by atoms with van der Waals surface area (Å²) in [5.74, 6) is 2.15. The Labute approximate surface area is 149 Å². The Hall–Kier alpha value is -1.38. The molecule has 6 atom stereocenters. The number of allylic oxidation sites excluding steroid dienone is 4. The van der Waals surface area contributed by atoms with E-state index in [0.717, 1.165) is 25.7 Å². The summed E-state index contributed by atoms with van der Waals surface area (Å²) in [6.45, 7) is 5.35. The van der Waals surface area contributed by atoms with Crippen molar-refractivity contribution in [2.24, 2.45) is 34.0 Å². The van der Waals surface area contributed by atoms with E-state index in [1.165, 1.54) is 24.8 Å². The molecule has 134 valence electrons. The molecule has 3 saturated carbocycles. The lowest BCUT2D eigenvalue weighted by Gasteiger charge is -2.58. The second-order valence-corrected chi connectivity index (χ2v) is 9.57. The third-order valence-corrected chi connectivity index (χ3v) is 9.07. The van der Waals surface area contributed by atoms with E-state index < -0.39 is 0 Å². The molecule has 3 heteroatoms. The van der Waals surface area contributed by atoms with Crippen LogP contribution in [0.5, 0.6) is 0 Å². The van der Waals surface area contributed by atoms with Crippen molar-refractivity contribution in [3.8, 4) is 0 Å². The molecule has 25 heavy (non-hydrogen) atoms. The van der Waals surface area contributed by atoms with Gasteiger partial charge in [-0.15, -0.1) is 0 Å². The van der Waals surface area contributed by atoms with Crippen molar-refractivity contribution in [3.63, 3.8) is 0 Å². The highest BCUT2D eigenvalue weighted by Crippen LogP contribution is 2.71. The van der Waals surface area contributed by atoms with Crippen molar-refractivity contribution in [2.75, 3.05) is 6.61 Å². The molecule has 5 rings (SSSR count). The summed E-state index contributed by atoms with van der Waals surface area (Å²) >= 11 is 0. The van der Waals surface area contributed by atoms with Crippen molar-refractivity contribution in [1.29, 1.82) is 0 Å². The number of carbonyl (C=O) groups is 2. The number of esters is 1. The summed E-state index contributed by atoms with van der Waals surface area (Å²) < 4.78 is 5.46. The normalized spacial score (nSPS) is 51.0. The second-order valence-electron chi connectivity index (χ2n) is 9.57. The minimum absolute atomic E-state index is 0.0457. The van der Waals surface area contributed by atoms with E-state index in [-0.39, 0.29) is 28.0 Å². The zero-order valence-corrected chi connectivity index (χ0v) is 15.3. The van der Waals surface area contributed by atoms with Gasteiger partial charge in [0.1, 0.15) is 0 Å². The fraction of sp³-hybridized carbons (Fsp3) is 0.727. The maximum atomic E-state index is 12.7. The molecule has 0 N–H and O–H groups in total. The van der Waals surface area contributed by atoms with Gasteiger partial charge in [0.05, 0.1) is 12.0 Å². The van der Waals surface area contributed by atoms with Gasteiger partial charge in [-0.25, -0.2) is 0 Å². The molecule has 0 radical (unpaired) electrons. The molecular formula is C22H28O3. The van der Waals surface area contributed by atoms with Crippen molar-refractivity contribution < 1.29 is 14.3 Å². The lowest BCUT2D eigenvalue weighted by Crippen LogP contribution is -2.53. The number of rotatable bonds is 0. The monoisotopic (exact) mass is 340 g/mol. The molecular weight excluding hydrogens is 312 g/mol. The van der Waals surface area contributed by atoms with Crippen LogP contribution >= 0.6 is 0 Å². The number of hydrogen-bond donors (Lipinski definition) is 0. The Bertz CT molecular complexity index is 719. The van der Waals surface area contributed by atoms with E-state index in [9.17, 15) is 9.59 Å². The number of cyclic esters (lactones) is 1. The zero-order chi connectivity index (χ0) is 17.4. The molecule has 4 fully saturated rings. The first kappa shape index (κ1) is 15.8. The first-order valence-electron chi connectivity index (χ1n) is 10.0. The van der Waals surface area contributed by atoms with Crippen LogP contribution in [-0.4, -0.2) is 18.4 Å². The fourth-order valence-corrected chi connectivity index (χ4v) is 7.64. The molecule has 5 unspecified atom stereocenters. The minimum atomic E-state index is -0.210. The molecule has 0 aromatic carbocycles. The maximum absolute atomic E-state index is 12.7. The lowest BCUT2D eigenvalue weighted by atomic mass is 9.46. The SMILES string of the molecule is CC12C=CC(=O)C=C1CCC1C2CCC2(C)C1CC[C@]21CCOC1=O. The van der Waals surface area contributed by atoms with Gasteiger partial charge in [0.15, 0.2) is 5.78 Å². The largest absolute Gasteiger partial charge is 0.465 e. The summed E-state index contributed by atoms with van der Waals surface area (Å²) in [6, 6.07) is 0. The van der Waals surface area contributed by atoms with Gasteiger partial charge in [-0.05, 0) is 80.3 Å². The standard InChI is InChI=1S/C22H28O3/c1-20-8-5-15(23)13-14(20)3-4-16-17(20)6-9-21(2)18(16)7-10-22(21)11-12-25-19(22)24/h5,8,13,16-18H,3-4,6-7,9-12H2,1-2H3/t16?,17?,18?,20?,21?,22-/m1/s1. The molecule has 1 aliphatic heterocycles. The molecule has 0 aromatic rings. The van der Waals surface area contributed by atoms with Gasteiger partial charge in [0, 0.05) is 5.41 Å².